The minimum absolute atomic E-state index is 0.684. The lowest BCUT2D eigenvalue weighted by molar-refractivity contribution is 0.669. The fraction of sp³-hybridized carbons (Fsp3) is 0. The second-order valence-electron chi connectivity index (χ2n) is 13.2. The molecule has 0 saturated carbocycles. The van der Waals surface area contributed by atoms with Crippen LogP contribution in [0.4, 0.5) is 0 Å². The van der Waals surface area contributed by atoms with Crippen molar-refractivity contribution in [2.75, 3.05) is 0 Å². The van der Waals surface area contributed by atoms with Gasteiger partial charge < -0.3 is 4.42 Å². The second kappa shape index (κ2) is 11.4. The average Bonchev–Trinajstić information content (AvgIpc) is 3.78. The molecule has 4 heterocycles. The van der Waals surface area contributed by atoms with E-state index in [4.69, 9.17) is 19.4 Å². The summed E-state index contributed by atoms with van der Waals surface area (Å²) in [5.41, 5.74) is 9.57. The topological polar surface area (TPSA) is 51.8 Å². The number of pyridine rings is 1. The van der Waals surface area contributed by atoms with Gasteiger partial charge in [-0.05, 0) is 48.5 Å². The molecule has 242 valence electrons. The standard InChI is InChI=1S/C47H27N3OS/c1-3-11-28(12-4-1)39-27-40(30-19-21-33-32-15-8-10-18-41(32)51-42(33)26-30)50-47(49-39)31-20-24-43-37(25-31)34-22-23-36-44(46(34)52-43)35-16-7-9-17-38(35)48-45(36)29-13-5-2-6-14-29/h1-27H. The Bertz CT molecular complexity index is 3180. The van der Waals surface area contributed by atoms with Gasteiger partial charge in [-0.1, -0.05) is 115 Å². The summed E-state index contributed by atoms with van der Waals surface area (Å²) in [5, 5.41) is 8.20. The van der Waals surface area contributed by atoms with Gasteiger partial charge in [0.25, 0.3) is 0 Å². The van der Waals surface area contributed by atoms with Crippen molar-refractivity contribution in [1.29, 1.82) is 0 Å². The number of aromatic nitrogens is 3. The number of hydrogen-bond donors (Lipinski definition) is 0. The highest BCUT2D eigenvalue weighted by atomic mass is 32.1. The maximum atomic E-state index is 6.27. The largest absolute Gasteiger partial charge is 0.456 e. The van der Waals surface area contributed by atoms with Crippen molar-refractivity contribution in [3.8, 4) is 45.2 Å². The normalized spacial score (nSPS) is 11.8. The monoisotopic (exact) mass is 681 g/mol. The van der Waals surface area contributed by atoms with Gasteiger partial charge in [0.1, 0.15) is 11.2 Å². The van der Waals surface area contributed by atoms with Crippen LogP contribution >= 0.6 is 11.3 Å². The summed E-state index contributed by atoms with van der Waals surface area (Å²) < 4.78 is 8.76. The molecule has 0 radical (unpaired) electrons. The quantitative estimate of drug-likeness (QED) is 0.174. The van der Waals surface area contributed by atoms with Crippen molar-refractivity contribution in [3.63, 3.8) is 0 Å². The smallest absolute Gasteiger partial charge is 0.160 e. The van der Waals surface area contributed by atoms with E-state index in [1.165, 1.54) is 30.9 Å². The lowest BCUT2D eigenvalue weighted by Crippen LogP contribution is -1.95. The Balaban J connectivity index is 1.12. The van der Waals surface area contributed by atoms with E-state index in [-0.39, 0.29) is 0 Å². The molecule has 0 bridgehead atoms. The first-order valence-corrected chi connectivity index (χ1v) is 18.2. The van der Waals surface area contributed by atoms with E-state index in [1.54, 1.807) is 0 Å². The van der Waals surface area contributed by atoms with Gasteiger partial charge >= 0.3 is 0 Å². The molecule has 0 N–H and O–H groups in total. The first kappa shape index (κ1) is 29.1. The molecule has 0 atom stereocenters. The molecular formula is C47H27N3OS. The molecule has 4 nitrogen and oxygen atoms in total. The van der Waals surface area contributed by atoms with Crippen LogP contribution in [-0.2, 0) is 0 Å². The van der Waals surface area contributed by atoms with Crippen molar-refractivity contribution in [1.82, 2.24) is 15.0 Å². The Morgan fingerprint density at radius 2 is 1.06 bits per heavy atom. The highest BCUT2D eigenvalue weighted by molar-refractivity contribution is 7.26. The molecule has 0 unspecified atom stereocenters. The van der Waals surface area contributed by atoms with Crippen molar-refractivity contribution in [2.45, 2.75) is 0 Å². The summed E-state index contributed by atoms with van der Waals surface area (Å²) in [6, 6.07) is 57.1. The highest BCUT2D eigenvalue weighted by Gasteiger charge is 2.18. The van der Waals surface area contributed by atoms with Gasteiger partial charge in [0.2, 0.25) is 0 Å². The molecule has 0 fully saturated rings. The molecule has 5 heteroatoms. The van der Waals surface area contributed by atoms with Crippen LogP contribution in [0.15, 0.2) is 168 Å². The van der Waals surface area contributed by atoms with Crippen LogP contribution < -0.4 is 0 Å². The van der Waals surface area contributed by atoms with E-state index >= 15 is 0 Å². The molecule has 0 aliphatic carbocycles. The molecule has 11 aromatic rings. The Morgan fingerprint density at radius 3 is 1.90 bits per heavy atom. The Morgan fingerprint density at radius 1 is 0.404 bits per heavy atom. The van der Waals surface area contributed by atoms with Crippen LogP contribution in [0.25, 0.3) is 109 Å². The highest BCUT2D eigenvalue weighted by Crippen LogP contribution is 2.44. The summed E-state index contributed by atoms with van der Waals surface area (Å²) in [4.78, 5) is 15.5. The summed E-state index contributed by atoms with van der Waals surface area (Å²) in [6.45, 7) is 0. The molecule has 7 aromatic carbocycles. The van der Waals surface area contributed by atoms with Gasteiger partial charge in [-0.2, -0.15) is 0 Å². The number of hydrogen-bond acceptors (Lipinski definition) is 5. The average molecular weight is 682 g/mol. The second-order valence-corrected chi connectivity index (χ2v) is 14.2. The summed E-state index contributed by atoms with van der Waals surface area (Å²) in [5.74, 6) is 0.684. The molecular weight excluding hydrogens is 655 g/mol. The van der Waals surface area contributed by atoms with Crippen molar-refractivity contribution in [2.24, 2.45) is 0 Å². The zero-order valence-electron chi connectivity index (χ0n) is 27.7. The van der Waals surface area contributed by atoms with Crippen LogP contribution in [0.1, 0.15) is 0 Å². The predicted molar refractivity (Wildman–Crippen MR) is 217 cm³/mol. The Labute approximate surface area is 302 Å². The molecule has 0 amide bonds. The molecule has 11 rings (SSSR count). The van der Waals surface area contributed by atoms with Gasteiger partial charge in [0, 0.05) is 69.4 Å². The number of nitrogens with zero attached hydrogens (tertiary/aromatic N) is 3. The van der Waals surface area contributed by atoms with E-state index in [9.17, 15) is 0 Å². The summed E-state index contributed by atoms with van der Waals surface area (Å²) >= 11 is 1.84. The van der Waals surface area contributed by atoms with Gasteiger partial charge in [0.15, 0.2) is 5.82 Å². The minimum atomic E-state index is 0.684. The lowest BCUT2D eigenvalue weighted by Gasteiger charge is -2.11. The van der Waals surface area contributed by atoms with Crippen LogP contribution in [-0.4, -0.2) is 15.0 Å². The number of thiophene rings is 1. The van der Waals surface area contributed by atoms with Gasteiger partial charge in [0.05, 0.1) is 22.6 Å². The van der Waals surface area contributed by atoms with Crippen molar-refractivity contribution in [3.05, 3.63) is 164 Å². The first-order valence-electron chi connectivity index (χ1n) is 17.3. The van der Waals surface area contributed by atoms with Crippen LogP contribution in [0.2, 0.25) is 0 Å². The molecule has 52 heavy (non-hydrogen) atoms. The number of rotatable bonds is 4. The van der Waals surface area contributed by atoms with E-state index in [1.807, 2.05) is 47.7 Å². The minimum Gasteiger partial charge on any atom is -0.456 e. The first-order chi connectivity index (χ1) is 25.7. The zero-order valence-corrected chi connectivity index (χ0v) is 28.6. The molecule has 4 aromatic heterocycles. The molecule has 0 spiro atoms. The maximum absolute atomic E-state index is 6.27. The van der Waals surface area contributed by atoms with Crippen LogP contribution in [0.5, 0.6) is 0 Å². The van der Waals surface area contributed by atoms with Gasteiger partial charge in [-0.25, -0.2) is 15.0 Å². The van der Waals surface area contributed by atoms with Crippen LogP contribution in [0.3, 0.4) is 0 Å². The lowest BCUT2D eigenvalue weighted by atomic mass is 9.98. The fourth-order valence-corrected chi connectivity index (χ4v) is 8.83. The maximum Gasteiger partial charge on any atom is 0.160 e. The number of para-hydroxylation sites is 2. The van der Waals surface area contributed by atoms with Crippen molar-refractivity contribution >= 4 is 75.1 Å². The van der Waals surface area contributed by atoms with E-state index in [0.717, 1.165) is 72.2 Å². The summed E-state index contributed by atoms with van der Waals surface area (Å²) in [6.07, 6.45) is 0. The number of furan rings is 1. The Kier molecular flexibility index (Phi) is 6.39. The predicted octanol–water partition coefficient (Wildman–Crippen LogP) is 13.1. The number of fused-ring (bicyclic) bond motifs is 10. The summed E-state index contributed by atoms with van der Waals surface area (Å²) in [7, 11) is 0. The third-order valence-corrected chi connectivity index (χ3v) is 11.3. The van der Waals surface area contributed by atoms with Crippen LogP contribution in [0, 0.1) is 0 Å². The van der Waals surface area contributed by atoms with E-state index < -0.39 is 0 Å². The molecule has 0 saturated heterocycles. The van der Waals surface area contributed by atoms with E-state index in [0.29, 0.717) is 5.82 Å². The van der Waals surface area contributed by atoms with Crippen molar-refractivity contribution < 1.29 is 4.42 Å². The zero-order chi connectivity index (χ0) is 34.2. The third-order valence-electron chi connectivity index (χ3n) is 10.1. The van der Waals surface area contributed by atoms with Gasteiger partial charge in [-0.3, -0.25) is 0 Å². The SMILES string of the molecule is c1ccc(-c2cc(-c3ccc4c(c3)oc3ccccc34)nc(-c3ccc4sc5c(ccc6c(-c7ccccc7)nc7ccccc7c65)c4c3)n2)cc1. The number of benzene rings is 7. The third kappa shape index (κ3) is 4.57. The Hall–Kier alpha value is -6.69. The molecule has 0 aliphatic rings. The molecule has 0 aliphatic heterocycles. The van der Waals surface area contributed by atoms with Gasteiger partial charge in [-0.15, -0.1) is 11.3 Å². The fourth-order valence-electron chi connectivity index (χ4n) is 7.59. The van der Waals surface area contributed by atoms with E-state index in [2.05, 4.69) is 127 Å².